The number of methoxy groups -OCH3 is 1. The van der Waals surface area contributed by atoms with Crippen molar-refractivity contribution in [2.45, 2.75) is 31.4 Å². The Bertz CT molecular complexity index is 717. The molecule has 0 aromatic heterocycles. The third kappa shape index (κ3) is 3.67. The fourth-order valence-electron chi connectivity index (χ4n) is 3.88. The summed E-state index contributed by atoms with van der Waals surface area (Å²) >= 11 is 0. The van der Waals surface area contributed by atoms with Crippen molar-refractivity contribution in [3.63, 3.8) is 0 Å². The summed E-state index contributed by atoms with van der Waals surface area (Å²) in [5.41, 5.74) is 0.944. The second-order valence-corrected chi connectivity index (χ2v) is 8.93. The minimum absolute atomic E-state index is 0.0647. The molecule has 0 saturated carbocycles. The average molecular weight is 366 g/mol. The van der Waals surface area contributed by atoms with Gasteiger partial charge < -0.3 is 9.64 Å². The number of sulfonamides is 1. The van der Waals surface area contributed by atoms with E-state index in [1.165, 1.54) is 0 Å². The second-order valence-electron chi connectivity index (χ2n) is 6.78. The van der Waals surface area contributed by atoms with Gasteiger partial charge in [-0.05, 0) is 36.5 Å². The lowest BCUT2D eigenvalue weighted by molar-refractivity contribution is -0.130. The van der Waals surface area contributed by atoms with Crippen LogP contribution in [0.2, 0.25) is 0 Å². The lowest BCUT2D eigenvalue weighted by atomic mass is 10.0. The summed E-state index contributed by atoms with van der Waals surface area (Å²) < 4.78 is 31.8. The van der Waals surface area contributed by atoms with E-state index < -0.39 is 10.0 Å². The van der Waals surface area contributed by atoms with E-state index in [0.717, 1.165) is 17.7 Å². The molecular weight excluding hydrogens is 340 g/mol. The van der Waals surface area contributed by atoms with Crippen molar-refractivity contribution in [2.75, 3.05) is 33.3 Å². The summed E-state index contributed by atoms with van der Waals surface area (Å²) in [5, 5.41) is -0.328. The maximum atomic E-state index is 12.6. The summed E-state index contributed by atoms with van der Waals surface area (Å²) in [6, 6.07) is 7.49. The summed E-state index contributed by atoms with van der Waals surface area (Å²) in [7, 11) is -1.58. The maximum absolute atomic E-state index is 12.6. The standard InChI is InChI=1S/C18H26N2O4S/c1-3-20-13-15-8-10-19(11-9-17(15)25(20,22)23)18(21)12-14-4-6-16(24-2)7-5-14/h4-7,15,17H,3,8-13H2,1-2H3/t15-,17-/m1/s1. The monoisotopic (exact) mass is 366 g/mol. The molecule has 2 aliphatic rings. The highest BCUT2D eigenvalue weighted by atomic mass is 32.2. The molecule has 0 aliphatic carbocycles. The number of rotatable bonds is 4. The number of fused-ring (bicyclic) bond motifs is 1. The Morgan fingerprint density at radius 2 is 1.88 bits per heavy atom. The summed E-state index contributed by atoms with van der Waals surface area (Å²) in [4.78, 5) is 14.4. The average Bonchev–Trinajstić information content (AvgIpc) is 2.75. The van der Waals surface area contributed by atoms with Gasteiger partial charge in [-0.2, -0.15) is 0 Å². The number of amides is 1. The zero-order chi connectivity index (χ0) is 18.0. The lowest BCUT2D eigenvalue weighted by Gasteiger charge is -2.22. The highest BCUT2D eigenvalue weighted by Crippen LogP contribution is 2.34. The van der Waals surface area contributed by atoms with E-state index in [4.69, 9.17) is 4.74 Å². The van der Waals surface area contributed by atoms with Gasteiger partial charge in [0.05, 0.1) is 18.8 Å². The minimum atomic E-state index is -3.20. The van der Waals surface area contributed by atoms with Crippen LogP contribution in [0, 0.1) is 5.92 Å². The predicted octanol–water partition coefficient (Wildman–Crippen LogP) is 1.51. The zero-order valence-electron chi connectivity index (χ0n) is 14.8. The van der Waals surface area contributed by atoms with Crippen LogP contribution in [0.1, 0.15) is 25.3 Å². The lowest BCUT2D eigenvalue weighted by Crippen LogP contribution is -2.35. The van der Waals surface area contributed by atoms with Crippen molar-refractivity contribution in [3.8, 4) is 5.75 Å². The molecule has 1 amide bonds. The van der Waals surface area contributed by atoms with Gasteiger partial charge in [0.25, 0.3) is 0 Å². The molecule has 1 aromatic rings. The van der Waals surface area contributed by atoms with Gasteiger partial charge in [0.15, 0.2) is 0 Å². The molecule has 3 rings (SSSR count). The van der Waals surface area contributed by atoms with E-state index in [-0.39, 0.29) is 17.1 Å². The first-order valence-corrected chi connectivity index (χ1v) is 10.4. The van der Waals surface area contributed by atoms with Crippen LogP contribution >= 0.6 is 0 Å². The van der Waals surface area contributed by atoms with Crippen LogP contribution in [0.25, 0.3) is 0 Å². The fourth-order valence-corrected chi connectivity index (χ4v) is 6.14. The van der Waals surface area contributed by atoms with Crippen molar-refractivity contribution in [3.05, 3.63) is 29.8 Å². The number of carbonyl (C=O) groups is 1. The van der Waals surface area contributed by atoms with Gasteiger partial charge in [0, 0.05) is 26.2 Å². The van der Waals surface area contributed by atoms with Crippen molar-refractivity contribution in [2.24, 2.45) is 5.92 Å². The van der Waals surface area contributed by atoms with Gasteiger partial charge >= 0.3 is 0 Å². The summed E-state index contributed by atoms with van der Waals surface area (Å²) in [5.74, 6) is 0.975. The smallest absolute Gasteiger partial charge is 0.226 e. The van der Waals surface area contributed by atoms with E-state index in [2.05, 4.69) is 0 Å². The van der Waals surface area contributed by atoms with Crippen molar-refractivity contribution < 1.29 is 17.9 Å². The fraction of sp³-hybridized carbons (Fsp3) is 0.611. The zero-order valence-corrected chi connectivity index (χ0v) is 15.7. The van der Waals surface area contributed by atoms with Gasteiger partial charge in [-0.1, -0.05) is 19.1 Å². The largest absolute Gasteiger partial charge is 0.497 e. The molecule has 138 valence electrons. The van der Waals surface area contributed by atoms with Crippen LogP contribution in [0.3, 0.4) is 0 Å². The predicted molar refractivity (Wildman–Crippen MR) is 96.0 cm³/mol. The normalized spacial score (nSPS) is 26.1. The second kappa shape index (κ2) is 7.33. The molecule has 2 saturated heterocycles. The molecular formula is C18H26N2O4S. The van der Waals surface area contributed by atoms with E-state index >= 15 is 0 Å². The van der Waals surface area contributed by atoms with Gasteiger partial charge in [-0.25, -0.2) is 12.7 Å². The first-order chi connectivity index (χ1) is 12.0. The number of hydrogen-bond donors (Lipinski definition) is 0. The van der Waals surface area contributed by atoms with E-state index in [0.29, 0.717) is 39.0 Å². The molecule has 2 aliphatic heterocycles. The Hall–Kier alpha value is -1.60. The Kier molecular flexibility index (Phi) is 5.34. The molecule has 0 spiro atoms. The van der Waals surface area contributed by atoms with Gasteiger partial charge in [-0.3, -0.25) is 4.79 Å². The molecule has 0 N–H and O–H groups in total. The van der Waals surface area contributed by atoms with Crippen LogP contribution in [0.4, 0.5) is 0 Å². The van der Waals surface area contributed by atoms with Crippen molar-refractivity contribution >= 4 is 15.9 Å². The van der Waals surface area contributed by atoms with E-state index in [1.54, 1.807) is 11.4 Å². The molecule has 6 nitrogen and oxygen atoms in total. The number of benzene rings is 1. The van der Waals surface area contributed by atoms with Gasteiger partial charge in [0.1, 0.15) is 5.75 Å². The molecule has 0 bridgehead atoms. The van der Waals surface area contributed by atoms with Crippen LogP contribution < -0.4 is 4.74 Å². The third-order valence-corrected chi connectivity index (χ3v) is 7.89. The first kappa shape index (κ1) is 18.2. The molecule has 1 aromatic carbocycles. The topological polar surface area (TPSA) is 66.9 Å². The van der Waals surface area contributed by atoms with Gasteiger partial charge in [0.2, 0.25) is 15.9 Å². The minimum Gasteiger partial charge on any atom is -0.497 e. The SMILES string of the molecule is CCN1C[C@H]2CCN(C(=O)Cc3ccc(OC)cc3)CC[C@H]2S1(=O)=O. The summed E-state index contributed by atoms with van der Waals surface area (Å²) in [6.45, 7) is 4.18. The molecule has 25 heavy (non-hydrogen) atoms. The van der Waals surface area contributed by atoms with Gasteiger partial charge in [-0.15, -0.1) is 0 Å². The number of likely N-dealkylation sites (tertiary alicyclic amines) is 1. The van der Waals surface area contributed by atoms with Crippen LogP contribution in [0.5, 0.6) is 5.75 Å². The van der Waals surface area contributed by atoms with Crippen LogP contribution in [0.15, 0.2) is 24.3 Å². The van der Waals surface area contributed by atoms with E-state index in [1.807, 2.05) is 36.1 Å². The number of ether oxygens (including phenoxy) is 1. The number of hydrogen-bond acceptors (Lipinski definition) is 4. The molecule has 0 unspecified atom stereocenters. The molecule has 7 heteroatoms. The summed E-state index contributed by atoms with van der Waals surface area (Å²) in [6.07, 6.45) is 1.64. The van der Waals surface area contributed by atoms with Crippen molar-refractivity contribution in [1.82, 2.24) is 9.21 Å². The Morgan fingerprint density at radius 1 is 1.20 bits per heavy atom. The third-order valence-electron chi connectivity index (χ3n) is 5.38. The molecule has 2 heterocycles. The van der Waals surface area contributed by atoms with Crippen LogP contribution in [-0.2, 0) is 21.2 Å². The van der Waals surface area contributed by atoms with E-state index in [9.17, 15) is 13.2 Å². The molecule has 0 radical (unpaired) electrons. The number of carbonyl (C=O) groups excluding carboxylic acids is 1. The first-order valence-electron chi connectivity index (χ1n) is 8.85. The molecule has 2 fully saturated rings. The highest BCUT2D eigenvalue weighted by Gasteiger charge is 2.46. The highest BCUT2D eigenvalue weighted by molar-refractivity contribution is 7.90. The Labute approximate surface area is 149 Å². The van der Waals surface area contributed by atoms with Crippen LogP contribution in [-0.4, -0.2) is 62.1 Å². The quantitative estimate of drug-likeness (QED) is 0.810. The molecule has 2 atom stereocenters. The number of nitrogens with zero attached hydrogens (tertiary/aromatic N) is 2. The Morgan fingerprint density at radius 3 is 2.52 bits per heavy atom. The van der Waals surface area contributed by atoms with Crippen molar-refractivity contribution in [1.29, 1.82) is 0 Å². The maximum Gasteiger partial charge on any atom is 0.226 e. The Balaban J connectivity index is 1.63.